The minimum absolute atomic E-state index is 0.359. The molecule has 2 aromatic rings. The third-order valence-corrected chi connectivity index (χ3v) is 10.2. The molecule has 41 heavy (non-hydrogen) atoms. The van der Waals surface area contributed by atoms with Crippen LogP contribution in [-0.4, -0.2) is 6.04 Å². The van der Waals surface area contributed by atoms with Crippen molar-refractivity contribution in [2.75, 3.05) is 4.90 Å². The Morgan fingerprint density at radius 2 is 0.537 bits per heavy atom. The van der Waals surface area contributed by atoms with Crippen molar-refractivity contribution in [2.45, 2.75) is 188 Å². The van der Waals surface area contributed by atoms with Crippen molar-refractivity contribution in [1.82, 2.24) is 0 Å². The highest BCUT2D eigenvalue weighted by Gasteiger charge is 2.41. The minimum atomic E-state index is 0.359. The molecule has 0 fully saturated rings. The molecule has 1 heterocycles. The van der Waals surface area contributed by atoms with Crippen LogP contribution >= 0.6 is 11.8 Å². The van der Waals surface area contributed by atoms with Gasteiger partial charge in [-0.05, 0) is 106 Å². The molecule has 0 bridgehead atoms. The summed E-state index contributed by atoms with van der Waals surface area (Å²) in [4.78, 5) is 5.92. The van der Waals surface area contributed by atoms with Crippen molar-refractivity contribution >= 4 is 23.1 Å². The smallest absolute Gasteiger partial charge is 0.0596 e. The van der Waals surface area contributed by atoms with Crippen LogP contribution in [-0.2, 0) is 0 Å². The average molecular weight is 578 g/mol. The lowest BCUT2D eigenvalue weighted by molar-refractivity contribution is 0.672. The molecule has 2 aromatic carbocycles. The van der Waals surface area contributed by atoms with Gasteiger partial charge in [0, 0.05) is 15.8 Å². The second kappa shape index (κ2) is 12.7. The summed E-state index contributed by atoms with van der Waals surface area (Å²) in [5.41, 5.74) is 15.9. The van der Waals surface area contributed by atoms with E-state index in [0.717, 1.165) is 0 Å². The second-order valence-corrected chi connectivity index (χ2v) is 16.5. The summed E-state index contributed by atoms with van der Waals surface area (Å²) in [6.07, 6.45) is 0. The summed E-state index contributed by atoms with van der Waals surface area (Å²) in [5.74, 6) is 3.80. The molecule has 230 valence electrons. The van der Waals surface area contributed by atoms with Gasteiger partial charge in [0.05, 0.1) is 11.4 Å². The first-order valence-corrected chi connectivity index (χ1v) is 17.6. The zero-order valence-electron chi connectivity index (χ0n) is 30.1. The highest BCUT2D eigenvalue weighted by molar-refractivity contribution is 7.99. The van der Waals surface area contributed by atoms with E-state index in [0.29, 0.717) is 53.4 Å². The van der Waals surface area contributed by atoms with E-state index in [2.05, 4.69) is 141 Å². The lowest BCUT2D eigenvalue weighted by Gasteiger charge is -2.46. The first-order chi connectivity index (χ1) is 18.9. The first-order valence-electron chi connectivity index (χ1n) is 16.8. The normalized spacial score (nSPS) is 14.0. The van der Waals surface area contributed by atoms with Gasteiger partial charge in [-0.1, -0.05) is 123 Å². The fraction of sp³-hybridized carbons (Fsp3) is 0.692. The highest BCUT2D eigenvalue weighted by Crippen LogP contribution is 2.62. The number of nitrogens with zero attached hydrogens (tertiary/aromatic N) is 1. The Morgan fingerprint density at radius 3 is 0.732 bits per heavy atom. The average Bonchev–Trinajstić information content (AvgIpc) is 2.82. The third kappa shape index (κ3) is 5.77. The molecule has 0 saturated heterocycles. The van der Waals surface area contributed by atoms with E-state index in [1.165, 1.54) is 11.4 Å². The van der Waals surface area contributed by atoms with Crippen LogP contribution in [0.5, 0.6) is 0 Å². The lowest BCUT2D eigenvalue weighted by Crippen LogP contribution is -2.34. The van der Waals surface area contributed by atoms with Crippen molar-refractivity contribution in [1.29, 1.82) is 0 Å². The van der Waals surface area contributed by atoms with Crippen molar-refractivity contribution in [3.8, 4) is 0 Å². The summed E-state index contributed by atoms with van der Waals surface area (Å²) in [6.45, 7) is 43.7. The number of hydrogen-bond donors (Lipinski definition) is 0. The molecule has 0 amide bonds. The van der Waals surface area contributed by atoms with Crippen LogP contribution in [0, 0.1) is 0 Å². The van der Waals surface area contributed by atoms with E-state index in [4.69, 9.17) is 0 Å². The fourth-order valence-electron chi connectivity index (χ4n) is 7.80. The SMILES string of the molecule is CC(C)c1c2c(c(C(C)C)c(C(C)C)c1C(C)C)N(C(C)C)c1c(c(C(C)C)c(C(C)C)c(C(C)C)c1C(C)C)S2. The van der Waals surface area contributed by atoms with E-state index in [1.54, 1.807) is 54.3 Å². The fourth-order valence-corrected chi connectivity index (χ4v) is 9.52. The number of anilines is 2. The molecule has 0 aromatic heterocycles. The van der Waals surface area contributed by atoms with E-state index in [1.807, 2.05) is 0 Å². The molecular formula is C39H63NS. The molecule has 1 aliphatic rings. The second-order valence-electron chi connectivity index (χ2n) is 15.5. The molecule has 0 unspecified atom stereocenters. The van der Waals surface area contributed by atoms with Crippen LogP contribution in [0.3, 0.4) is 0 Å². The number of rotatable bonds is 9. The van der Waals surface area contributed by atoms with Crippen LogP contribution in [0.1, 0.15) is 216 Å². The predicted octanol–water partition coefficient (Wildman–Crippen LogP) is 13.7. The third-order valence-electron chi connectivity index (χ3n) is 8.99. The van der Waals surface area contributed by atoms with Crippen molar-refractivity contribution in [3.63, 3.8) is 0 Å². The van der Waals surface area contributed by atoms with E-state index in [-0.39, 0.29) is 0 Å². The van der Waals surface area contributed by atoms with Gasteiger partial charge in [0.1, 0.15) is 0 Å². The van der Waals surface area contributed by atoms with Gasteiger partial charge in [-0.15, -0.1) is 0 Å². The Hall–Kier alpha value is -1.41. The van der Waals surface area contributed by atoms with Gasteiger partial charge in [0.25, 0.3) is 0 Å². The van der Waals surface area contributed by atoms with Crippen LogP contribution < -0.4 is 4.90 Å². The Morgan fingerprint density at radius 1 is 0.317 bits per heavy atom. The monoisotopic (exact) mass is 577 g/mol. The van der Waals surface area contributed by atoms with Crippen LogP contribution in [0.25, 0.3) is 0 Å². The maximum atomic E-state index is 2.83. The van der Waals surface area contributed by atoms with Gasteiger partial charge in [-0.3, -0.25) is 0 Å². The zero-order valence-corrected chi connectivity index (χ0v) is 30.9. The largest absolute Gasteiger partial charge is 0.337 e. The number of hydrogen-bond acceptors (Lipinski definition) is 2. The number of benzene rings is 2. The summed E-state index contributed by atoms with van der Waals surface area (Å²) in [7, 11) is 0. The van der Waals surface area contributed by atoms with Crippen LogP contribution in [0.2, 0.25) is 0 Å². The standard InChI is InChI=1S/C39H63NS/c1-19(2)28-30(21(5)6)34(25(13)14)38-36(32(28)23(9)10)40(27(17)18)37-33(24(11)12)29(20(3)4)31(22(7)8)35(26(15)16)39(37)41-38/h19-27H,1-18H3. The van der Waals surface area contributed by atoms with Crippen molar-refractivity contribution < 1.29 is 0 Å². The molecule has 0 radical (unpaired) electrons. The number of fused-ring (bicyclic) bond motifs is 2. The minimum Gasteiger partial charge on any atom is -0.337 e. The lowest BCUT2D eigenvalue weighted by atomic mass is 9.75. The Balaban J connectivity index is 2.80. The maximum Gasteiger partial charge on any atom is 0.0596 e. The molecule has 0 saturated carbocycles. The zero-order chi connectivity index (χ0) is 31.4. The molecular weight excluding hydrogens is 515 g/mol. The van der Waals surface area contributed by atoms with Gasteiger partial charge < -0.3 is 4.90 Å². The van der Waals surface area contributed by atoms with Gasteiger partial charge >= 0.3 is 0 Å². The predicted molar refractivity (Wildman–Crippen MR) is 187 cm³/mol. The van der Waals surface area contributed by atoms with E-state index < -0.39 is 0 Å². The van der Waals surface area contributed by atoms with E-state index >= 15 is 0 Å². The van der Waals surface area contributed by atoms with Gasteiger partial charge in [0.2, 0.25) is 0 Å². The van der Waals surface area contributed by atoms with Crippen molar-refractivity contribution in [3.05, 3.63) is 44.5 Å². The topological polar surface area (TPSA) is 3.24 Å². The molecule has 1 nitrogen and oxygen atoms in total. The quantitative estimate of drug-likeness (QED) is 0.291. The van der Waals surface area contributed by atoms with Crippen LogP contribution in [0.15, 0.2) is 9.79 Å². The van der Waals surface area contributed by atoms with Crippen molar-refractivity contribution in [2.24, 2.45) is 0 Å². The van der Waals surface area contributed by atoms with E-state index in [9.17, 15) is 0 Å². The van der Waals surface area contributed by atoms with Crippen LogP contribution in [0.4, 0.5) is 11.4 Å². The Kier molecular flexibility index (Phi) is 10.5. The summed E-state index contributed by atoms with van der Waals surface area (Å²) in [6, 6.07) is 0.359. The molecule has 1 aliphatic heterocycles. The Bertz CT molecular complexity index is 1160. The summed E-state index contributed by atoms with van der Waals surface area (Å²) < 4.78 is 0. The molecule has 2 heteroatoms. The first kappa shape index (κ1) is 34.1. The maximum absolute atomic E-state index is 2.83. The molecule has 0 N–H and O–H groups in total. The molecule has 0 spiro atoms. The van der Waals surface area contributed by atoms with Gasteiger partial charge in [0.15, 0.2) is 0 Å². The Labute approximate surface area is 259 Å². The molecule has 3 rings (SSSR count). The molecule has 0 aliphatic carbocycles. The highest BCUT2D eigenvalue weighted by atomic mass is 32.2. The summed E-state index contributed by atoms with van der Waals surface area (Å²) in [5, 5.41) is 0. The molecule has 0 atom stereocenters. The summed E-state index contributed by atoms with van der Waals surface area (Å²) >= 11 is 2.14. The van der Waals surface area contributed by atoms with Gasteiger partial charge in [-0.25, -0.2) is 0 Å². The van der Waals surface area contributed by atoms with Gasteiger partial charge in [-0.2, -0.15) is 0 Å².